The van der Waals surface area contributed by atoms with Gasteiger partial charge in [0.15, 0.2) is 0 Å². The molecule has 1 heterocycles. The topological polar surface area (TPSA) is 223 Å². The minimum atomic E-state index is -1.38. The second-order valence-corrected chi connectivity index (χ2v) is 7.76. The third-order valence-corrected chi connectivity index (χ3v) is 4.63. The van der Waals surface area contributed by atoms with Crippen molar-refractivity contribution >= 4 is 40.6 Å². The molecule has 0 saturated heterocycles. The Morgan fingerprint density at radius 2 is 1.41 bits per heavy atom. The van der Waals surface area contributed by atoms with Gasteiger partial charge in [-0.15, -0.1) is 0 Å². The maximum absolute atomic E-state index is 12.3. The van der Waals surface area contributed by atoms with Crippen LogP contribution in [0.15, 0.2) is 54.7 Å². The zero-order valence-electron chi connectivity index (χ0n) is 20.2. The Morgan fingerprint density at radius 1 is 0.865 bits per heavy atom. The maximum Gasteiger partial charge on any atom is 0.371 e. The Labute approximate surface area is 211 Å². The summed E-state index contributed by atoms with van der Waals surface area (Å²) in [5.41, 5.74) is 14.2. The van der Waals surface area contributed by atoms with E-state index in [0.29, 0.717) is 12.2 Å². The van der Waals surface area contributed by atoms with E-state index in [-0.39, 0.29) is 6.42 Å². The number of esters is 1. The van der Waals surface area contributed by atoms with Crippen molar-refractivity contribution in [2.24, 2.45) is 11.5 Å². The van der Waals surface area contributed by atoms with E-state index in [1.165, 1.54) is 0 Å². The number of ketones is 1. The second-order valence-electron chi connectivity index (χ2n) is 7.76. The number of nitrogens with one attached hydrogen (secondary N) is 1. The van der Waals surface area contributed by atoms with Gasteiger partial charge in [0.2, 0.25) is 5.78 Å². The fourth-order valence-corrected chi connectivity index (χ4v) is 2.85. The molecule has 8 N–H and O–H groups in total. The van der Waals surface area contributed by atoms with Crippen LogP contribution in [0.2, 0.25) is 0 Å². The molecule has 0 unspecified atom stereocenters. The Bertz CT molecular complexity index is 1220. The number of carbonyl (C=O) groups is 5. The second kappa shape index (κ2) is 14.8. The third-order valence-electron chi connectivity index (χ3n) is 4.63. The molecule has 12 heteroatoms. The van der Waals surface area contributed by atoms with Gasteiger partial charge in [-0.25, -0.2) is 9.59 Å². The number of aromatic nitrogens is 1. The van der Waals surface area contributed by atoms with Crippen LogP contribution in [0.4, 0.5) is 0 Å². The van der Waals surface area contributed by atoms with E-state index in [4.69, 9.17) is 36.3 Å². The monoisotopic (exact) mass is 515 g/mol. The number of benzene rings is 2. The number of nitrogens with two attached hydrogens (primary N) is 2. The summed E-state index contributed by atoms with van der Waals surface area (Å²) in [6, 6.07) is 12.6. The van der Waals surface area contributed by atoms with E-state index in [0.717, 1.165) is 35.9 Å². The number of aliphatic carboxylic acids is 3. The first-order chi connectivity index (χ1) is 17.3. The number of hydrogen-bond acceptors (Lipinski definition) is 8. The van der Waals surface area contributed by atoms with Crippen molar-refractivity contribution in [2.75, 3.05) is 0 Å². The van der Waals surface area contributed by atoms with E-state index >= 15 is 0 Å². The number of Topliss-reactive ketones (excluding diaryl/α,β-unsaturated/α-hetero) is 1. The highest BCUT2D eigenvalue weighted by Crippen LogP contribution is 2.20. The summed E-state index contributed by atoms with van der Waals surface area (Å²) >= 11 is 0. The number of fused-ring (bicyclic) bond motifs is 1. The van der Waals surface area contributed by atoms with Crippen LogP contribution < -0.4 is 16.2 Å². The van der Waals surface area contributed by atoms with Gasteiger partial charge in [0.05, 0.1) is 0 Å². The molecule has 2 aromatic carbocycles. The molecular weight excluding hydrogens is 486 g/mol. The summed E-state index contributed by atoms with van der Waals surface area (Å²) < 4.78 is 5.32. The highest BCUT2D eigenvalue weighted by Gasteiger charge is 2.19. The summed E-state index contributed by atoms with van der Waals surface area (Å²) in [4.78, 5) is 54.1. The number of carboxylic acid groups (broad SMARTS) is 3. The van der Waals surface area contributed by atoms with Crippen molar-refractivity contribution in [3.8, 4) is 5.75 Å². The van der Waals surface area contributed by atoms with Crippen LogP contribution in [0.1, 0.15) is 25.0 Å². The highest BCUT2D eigenvalue weighted by molar-refractivity contribution is 6.31. The Balaban J connectivity index is 0.000000583. The fraction of sp³-hybridized carbons (Fsp3) is 0.240. The van der Waals surface area contributed by atoms with Gasteiger partial charge in [-0.1, -0.05) is 30.3 Å². The van der Waals surface area contributed by atoms with Crippen LogP contribution in [0.25, 0.3) is 10.9 Å². The van der Waals surface area contributed by atoms with Gasteiger partial charge >= 0.3 is 17.9 Å². The molecule has 0 aliphatic carbocycles. The first kappa shape index (κ1) is 30.5. The lowest BCUT2D eigenvalue weighted by atomic mass is 10.1. The maximum atomic E-state index is 12.3. The van der Waals surface area contributed by atoms with E-state index in [9.17, 15) is 19.2 Å². The van der Waals surface area contributed by atoms with E-state index in [1.54, 1.807) is 24.3 Å². The molecule has 0 aliphatic rings. The molecule has 0 saturated carbocycles. The molecule has 0 spiro atoms. The predicted molar refractivity (Wildman–Crippen MR) is 133 cm³/mol. The van der Waals surface area contributed by atoms with Crippen molar-refractivity contribution in [1.82, 2.24) is 4.98 Å². The smallest absolute Gasteiger partial charge is 0.371 e. The Kier molecular flexibility index (Phi) is 12.2. The first-order valence-electron chi connectivity index (χ1n) is 10.8. The van der Waals surface area contributed by atoms with Gasteiger partial charge in [0.1, 0.15) is 17.8 Å². The van der Waals surface area contributed by atoms with Gasteiger partial charge < -0.3 is 36.5 Å². The van der Waals surface area contributed by atoms with Crippen molar-refractivity contribution in [1.29, 1.82) is 0 Å². The number of para-hydroxylation sites is 1. The summed E-state index contributed by atoms with van der Waals surface area (Å²) in [6.45, 7) is 2.09. The minimum absolute atomic E-state index is 0.198. The average Bonchev–Trinajstić information content (AvgIpc) is 3.23. The number of aromatic amines is 1. The first-order valence-corrected chi connectivity index (χ1v) is 10.8. The molecule has 3 aromatic rings. The molecular formula is C25H29N3O9. The van der Waals surface area contributed by atoms with Gasteiger partial charge in [0.25, 0.3) is 5.97 Å². The van der Waals surface area contributed by atoms with Crippen molar-refractivity contribution < 1.29 is 44.0 Å². The van der Waals surface area contributed by atoms with Crippen LogP contribution in [0.5, 0.6) is 5.75 Å². The molecule has 0 radical (unpaired) electrons. The number of ether oxygens (including phenoxy) is 1. The summed E-state index contributed by atoms with van der Waals surface area (Å²) in [5.74, 6) is -4.28. The van der Waals surface area contributed by atoms with Crippen molar-refractivity contribution in [2.45, 2.75) is 38.8 Å². The number of carbonyl (C=O) groups excluding carboxylic acids is 2. The van der Waals surface area contributed by atoms with Gasteiger partial charge in [0, 0.05) is 37.4 Å². The van der Waals surface area contributed by atoms with Crippen molar-refractivity contribution in [3.05, 3.63) is 65.9 Å². The van der Waals surface area contributed by atoms with Crippen molar-refractivity contribution in [3.63, 3.8) is 0 Å². The molecule has 198 valence electrons. The van der Waals surface area contributed by atoms with Crippen LogP contribution in [0.3, 0.4) is 0 Å². The minimum Gasteiger partial charge on any atom is -0.481 e. The third kappa shape index (κ3) is 11.2. The zero-order chi connectivity index (χ0) is 28.1. The zero-order valence-corrected chi connectivity index (χ0v) is 20.2. The normalized spacial score (nSPS) is 11.6. The van der Waals surface area contributed by atoms with Crippen LogP contribution in [0, 0.1) is 0 Å². The van der Waals surface area contributed by atoms with Crippen LogP contribution in [-0.2, 0) is 36.8 Å². The fourth-order valence-electron chi connectivity index (χ4n) is 2.85. The van der Waals surface area contributed by atoms with E-state index < -0.39 is 41.7 Å². The predicted octanol–water partition coefficient (Wildman–Crippen LogP) is 1.35. The molecule has 0 aliphatic heterocycles. The number of rotatable bonds is 8. The van der Waals surface area contributed by atoms with Gasteiger partial charge in [-0.2, -0.15) is 0 Å². The number of H-pyrrole nitrogens is 1. The van der Waals surface area contributed by atoms with Crippen LogP contribution >= 0.6 is 0 Å². The summed E-state index contributed by atoms with van der Waals surface area (Å²) in [5, 5.41) is 24.9. The summed E-state index contributed by atoms with van der Waals surface area (Å²) in [6.07, 6.45) is 2.40. The highest BCUT2D eigenvalue weighted by atomic mass is 16.5. The Morgan fingerprint density at radius 3 is 1.92 bits per heavy atom. The standard InChI is InChI=1S/C20H21N3O4.C3H4O3.C2H4O2/c21-16(19(24)25)9-12-5-7-14(8-6-12)27-20(26)17(22)10-13-11-23-18-4-2-1-3-15(13)18;1-2(4)3(5)6;1-2(3)4/h1-8,11,16-17,23H,9-10,21-22H2,(H,24,25);1H3,(H,5,6);1H3,(H,3,4)/t16-,17-;;/m0../s1. The largest absolute Gasteiger partial charge is 0.481 e. The molecule has 12 nitrogen and oxygen atoms in total. The molecule has 2 atom stereocenters. The number of carboxylic acids is 3. The van der Waals surface area contributed by atoms with E-state index in [2.05, 4.69) is 4.98 Å². The Hall–Kier alpha value is -4.55. The lowest BCUT2D eigenvalue weighted by molar-refractivity contribution is -0.148. The van der Waals surface area contributed by atoms with Gasteiger partial charge in [-0.3, -0.25) is 14.4 Å². The lowest BCUT2D eigenvalue weighted by Crippen LogP contribution is -2.36. The molecule has 0 bridgehead atoms. The van der Waals surface area contributed by atoms with E-state index in [1.807, 2.05) is 30.5 Å². The molecule has 0 fully saturated rings. The lowest BCUT2D eigenvalue weighted by Gasteiger charge is -2.12. The molecule has 0 amide bonds. The van der Waals surface area contributed by atoms with Crippen LogP contribution in [-0.4, -0.2) is 62.0 Å². The van der Waals surface area contributed by atoms with Gasteiger partial charge in [-0.05, 0) is 35.7 Å². The molecule has 3 rings (SSSR count). The number of hydrogen-bond donors (Lipinski definition) is 6. The molecule has 1 aromatic heterocycles. The summed E-state index contributed by atoms with van der Waals surface area (Å²) in [7, 11) is 0. The SMILES string of the molecule is CC(=O)C(=O)O.CC(=O)O.N[C@@H](Cc1ccc(OC(=O)[C@@H](N)Cc2c[nH]c3ccccc23)cc1)C(=O)O. The average molecular weight is 516 g/mol. The molecule has 37 heavy (non-hydrogen) atoms. The quantitative estimate of drug-likeness (QED) is 0.143.